The van der Waals surface area contributed by atoms with E-state index in [4.69, 9.17) is 0 Å². The Balaban J connectivity index is 1.40. The van der Waals surface area contributed by atoms with Gasteiger partial charge in [-0.15, -0.1) is 0 Å². The standard InChI is InChI=1S/C19H19N3O3/c23-18(16-13-3-4-14(9-13)17(16)19(24)25)21-10-12-1-5-15(6-2-12)22-8-7-20-11-22/h1-8,11,13-14,16-17H,9-10H2,(H,21,23)(H,24,25)/t13-,14-,16+,17+/m0/s1. The van der Waals surface area contributed by atoms with Crippen molar-refractivity contribution in [3.63, 3.8) is 0 Å². The Morgan fingerprint density at radius 1 is 1.16 bits per heavy atom. The maximum absolute atomic E-state index is 12.6. The Morgan fingerprint density at radius 2 is 1.88 bits per heavy atom. The fourth-order valence-corrected chi connectivity index (χ4v) is 4.02. The molecule has 2 aromatic rings. The van der Waals surface area contributed by atoms with E-state index in [1.165, 1.54) is 0 Å². The number of hydrogen-bond donors (Lipinski definition) is 2. The fraction of sp³-hybridized carbons (Fsp3) is 0.316. The highest BCUT2D eigenvalue weighted by atomic mass is 16.4. The summed E-state index contributed by atoms with van der Waals surface area (Å²) in [6.07, 6.45) is 10.0. The van der Waals surface area contributed by atoms with Gasteiger partial charge in [0.15, 0.2) is 0 Å². The average Bonchev–Trinajstić information content (AvgIpc) is 3.36. The number of carboxylic acid groups (broad SMARTS) is 1. The molecule has 2 aliphatic rings. The molecule has 1 amide bonds. The molecule has 1 aromatic heterocycles. The molecule has 2 aliphatic carbocycles. The monoisotopic (exact) mass is 337 g/mol. The van der Waals surface area contributed by atoms with Crippen LogP contribution in [0.1, 0.15) is 12.0 Å². The van der Waals surface area contributed by atoms with Crippen LogP contribution in [0.5, 0.6) is 0 Å². The van der Waals surface area contributed by atoms with E-state index in [0.29, 0.717) is 6.54 Å². The number of aliphatic carboxylic acids is 1. The molecular formula is C19H19N3O3. The van der Waals surface area contributed by atoms with Gasteiger partial charge in [0.05, 0.1) is 18.2 Å². The zero-order valence-electron chi connectivity index (χ0n) is 13.6. The van der Waals surface area contributed by atoms with Crippen molar-refractivity contribution in [3.8, 4) is 5.69 Å². The van der Waals surface area contributed by atoms with Crippen LogP contribution in [0.25, 0.3) is 5.69 Å². The van der Waals surface area contributed by atoms with Crippen LogP contribution >= 0.6 is 0 Å². The Labute approximate surface area is 145 Å². The van der Waals surface area contributed by atoms with Crippen molar-refractivity contribution in [1.82, 2.24) is 14.9 Å². The Hall–Kier alpha value is -2.89. The number of allylic oxidation sites excluding steroid dienone is 2. The maximum Gasteiger partial charge on any atom is 0.307 e. The third-order valence-corrected chi connectivity index (χ3v) is 5.25. The van der Waals surface area contributed by atoms with Crippen LogP contribution in [-0.4, -0.2) is 26.5 Å². The number of nitrogens with one attached hydrogen (secondary N) is 1. The van der Waals surface area contributed by atoms with E-state index < -0.39 is 17.8 Å². The number of carboxylic acids is 1. The molecule has 1 fully saturated rings. The van der Waals surface area contributed by atoms with Crippen molar-refractivity contribution >= 4 is 11.9 Å². The highest BCUT2D eigenvalue weighted by Crippen LogP contribution is 2.48. The lowest BCUT2D eigenvalue weighted by molar-refractivity contribution is -0.147. The smallest absolute Gasteiger partial charge is 0.307 e. The number of amides is 1. The minimum atomic E-state index is -0.873. The molecule has 4 atom stereocenters. The Kier molecular flexibility index (Phi) is 3.87. The first-order valence-corrected chi connectivity index (χ1v) is 8.39. The van der Waals surface area contributed by atoms with E-state index >= 15 is 0 Å². The van der Waals surface area contributed by atoms with Crippen molar-refractivity contribution in [3.05, 3.63) is 60.7 Å². The minimum Gasteiger partial charge on any atom is -0.481 e. The molecule has 0 aliphatic heterocycles. The SMILES string of the molecule is O=C(O)[C@H]1[C@H](C(=O)NCc2ccc(-n3ccnc3)cc2)[C@H]2C=C[C@H]1C2. The van der Waals surface area contributed by atoms with Crippen LogP contribution in [0.15, 0.2) is 55.1 Å². The number of rotatable bonds is 5. The summed E-state index contributed by atoms with van der Waals surface area (Å²) in [4.78, 5) is 28.1. The lowest BCUT2D eigenvalue weighted by atomic mass is 9.82. The second kappa shape index (κ2) is 6.20. The maximum atomic E-state index is 12.6. The number of nitrogens with zero attached hydrogens (tertiary/aromatic N) is 2. The number of aromatic nitrogens is 2. The predicted molar refractivity (Wildman–Crippen MR) is 90.8 cm³/mol. The van der Waals surface area contributed by atoms with Gasteiger partial charge in [-0.05, 0) is 36.0 Å². The third-order valence-electron chi connectivity index (χ3n) is 5.25. The number of carbonyl (C=O) groups is 2. The van der Waals surface area contributed by atoms with E-state index in [2.05, 4.69) is 10.3 Å². The largest absolute Gasteiger partial charge is 0.481 e. The zero-order chi connectivity index (χ0) is 17.4. The molecule has 1 aromatic carbocycles. The summed E-state index contributed by atoms with van der Waals surface area (Å²) in [7, 11) is 0. The first kappa shape index (κ1) is 15.6. The van der Waals surface area contributed by atoms with Gasteiger partial charge in [-0.3, -0.25) is 9.59 Å². The molecule has 2 N–H and O–H groups in total. The first-order chi connectivity index (χ1) is 12.1. The van der Waals surface area contributed by atoms with Crippen molar-refractivity contribution < 1.29 is 14.7 Å². The second-order valence-electron chi connectivity index (χ2n) is 6.69. The van der Waals surface area contributed by atoms with Crippen LogP contribution in [0.3, 0.4) is 0 Å². The molecule has 0 radical (unpaired) electrons. The molecule has 6 nitrogen and oxygen atoms in total. The van der Waals surface area contributed by atoms with E-state index in [9.17, 15) is 14.7 Å². The van der Waals surface area contributed by atoms with Crippen molar-refractivity contribution in [2.75, 3.05) is 0 Å². The first-order valence-electron chi connectivity index (χ1n) is 8.39. The summed E-state index contributed by atoms with van der Waals surface area (Å²) in [6, 6.07) is 7.82. The van der Waals surface area contributed by atoms with E-state index in [1.54, 1.807) is 12.5 Å². The van der Waals surface area contributed by atoms with Gasteiger partial charge in [0.1, 0.15) is 0 Å². The molecule has 0 spiro atoms. The average molecular weight is 337 g/mol. The van der Waals surface area contributed by atoms with Gasteiger partial charge in [-0.1, -0.05) is 24.3 Å². The van der Waals surface area contributed by atoms with Crippen molar-refractivity contribution in [2.45, 2.75) is 13.0 Å². The highest BCUT2D eigenvalue weighted by molar-refractivity contribution is 5.86. The molecule has 25 heavy (non-hydrogen) atoms. The van der Waals surface area contributed by atoms with Crippen molar-refractivity contribution in [2.24, 2.45) is 23.7 Å². The highest BCUT2D eigenvalue weighted by Gasteiger charge is 2.51. The van der Waals surface area contributed by atoms with Crippen LogP contribution in [0.4, 0.5) is 0 Å². The summed E-state index contributed by atoms with van der Waals surface area (Å²) >= 11 is 0. The molecular weight excluding hydrogens is 318 g/mol. The molecule has 6 heteroatoms. The van der Waals surface area contributed by atoms with Gasteiger partial charge in [0.2, 0.25) is 5.91 Å². The van der Waals surface area contributed by atoms with Crippen LogP contribution in [-0.2, 0) is 16.1 Å². The summed E-state index contributed by atoms with van der Waals surface area (Å²) in [5.41, 5.74) is 1.97. The fourth-order valence-electron chi connectivity index (χ4n) is 4.02. The lowest BCUT2D eigenvalue weighted by Crippen LogP contribution is -2.39. The molecule has 0 saturated heterocycles. The molecule has 128 valence electrons. The van der Waals surface area contributed by atoms with Gasteiger partial charge >= 0.3 is 5.97 Å². The minimum absolute atomic E-state index is 0.00675. The molecule has 1 heterocycles. The molecule has 2 bridgehead atoms. The number of hydrogen-bond acceptors (Lipinski definition) is 3. The number of carbonyl (C=O) groups excluding carboxylic acids is 1. The quantitative estimate of drug-likeness (QED) is 0.818. The van der Waals surface area contributed by atoms with Crippen LogP contribution in [0, 0.1) is 23.7 Å². The van der Waals surface area contributed by atoms with Crippen LogP contribution in [0.2, 0.25) is 0 Å². The molecule has 4 rings (SSSR count). The third kappa shape index (κ3) is 2.84. The number of benzene rings is 1. The second-order valence-corrected chi connectivity index (χ2v) is 6.69. The van der Waals surface area contributed by atoms with E-state index in [1.807, 2.05) is 47.2 Å². The van der Waals surface area contributed by atoms with E-state index in [-0.39, 0.29) is 17.7 Å². The van der Waals surface area contributed by atoms with Gasteiger partial charge < -0.3 is 15.0 Å². The topological polar surface area (TPSA) is 84.2 Å². The molecule has 1 saturated carbocycles. The Bertz CT molecular complexity index is 811. The summed E-state index contributed by atoms with van der Waals surface area (Å²) in [5, 5.41) is 12.3. The predicted octanol–water partition coefficient (Wildman–Crippen LogP) is 2.01. The van der Waals surface area contributed by atoms with Gasteiger partial charge in [0, 0.05) is 24.6 Å². The van der Waals surface area contributed by atoms with Crippen molar-refractivity contribution in [1.29, 1.82) is 0 Å². The Morgan fingerprint density at radius 3 is 2.52 bits per heavy atom. The summed E-state index contributed by atoms with van der Waals surface area (Å²) in [6.45, 7) is 0.396. The lowest BCUT2D eigenvalue weighted by Gasteiger charge is -2.23. The number of fused-ring (bicyclic) bond motifs is 2. The zero-order valence-corrected chi connectivity index (χ0v) is 13.6. The van der Waals surface area contributed by atoms with E-state index in [0.717, 1.165) is 17.7 Å². The van der Waals surface area contributed by atoms with Crippen LogP contribution < -0.4 is 5.32 Å². The summed E-state index contributed by atoms with van der Waals surface area (Å²) < 4.78 is 1.90. The van der Waals surface area contributed by atoms with Gasteiger partial charge in [0.25, 0.3) is 0 Å². The molecule has 0 unspecified atom stereocenters. The van der Waals surface area contributed by atoms with Gasteiger partial charge in [-0.2, -0.15) is 0 Å². The van der Waals surface area contributed by atoms with Gasteiger partial charge in [-0.25, -0.2) is 4.98 Å². The summed E-state index contributed by atoms with van der Waals surface area (Å²) in [5.74, 6) is -2.05. The number of imidazole rings is 1. The normalized spacial score (nSPS) is 26.7.